The number of rotatable bonds is 0. The first-order chi connectivity index (χ1) is 8.25. The molecule has 3 aliphatic rings. The molecular formula is C15H24O3. The lowest BCUT2D eigenvalue weighted by molar-refractivity contribution is -0.102. The summed E-state index contributed by atoms with van der Waals surface area (Å²) in [5, 5.41) is 31.2. The number of fused-ring (bicyclic) bond motifs is 1. The van der Waals surface area contributed by atoms with Crippen LogP contribution in [0.3, 0.4) is 0 Å². The third-order valence-corrected chi connectivity index (χ3v) is 6.52. The van der Waals surface area contributed by atoms with Crippen molar-refractivity contribution in [3.05, 3.63) is 11.1 Å². The Bertz CT molecular complexity index is 425. The molecule has 2 bridgehead atoms. The Hall–Kier alpha value is -0.380. The molecule has 0 aromatic rings. The molecule has 3 nitrogen and oxygen atoms in total. The van der Waals surface area contributed by atoms with Gasteiger partial charge in [0.1, 0.15) is 0 Å². The number of aliphatic hydroxyl groups excluding tert-OH is 3. The summed E-state index contributed by atoms with van der Waals surface area (Å²) in [5.74, 6) is 0.212. The van der Waals surface area contributed by atoms with Crippen LogP contribution in [0.25, 0.3) is 0 Å². The van der Waals surface area contributed by atoms with E-state index in [2.05, 4.69) is 20.8 Å². The Morgan fingerprint density at radius 1 is 1.17 bits per heavy atom. The lowest BCUT2D eigenvalue weighted by Crippen LogP contribution is -2.51. The number of hydrogen-bond acceptors (Lipinski definition) is 3. The van der Waals surface area contributed by atoms with Crippen molar-refractivity contribution in [2.45, 2.75) is 58.8 Å². The quantitative estimate of drug-likeness (QED) is 0.572. The van der Waals surface area contributed by atoms with E-state index in [1.807, 2.05) is 6.92 Å². The summed E-state index contributed by atoms with van der Waals surface area (Å²) < 4.78 is 0. The van der Waals surface area contributed by atoms with Gasteiger partial charge in [-0.05, 0) is 48.2 Å². The number of aliphatic hydroxyl groups is 3. The van der Waals surface area contributed by atoms with E-state index in [-0.39, 0.29) is 28.8 Å². The van der Waals surface area contributed by atoms with E-state index < -0.39 is 12.2 Å². The van der Waals surface area contributed by atoms with Crippen molar-refractivity contribution < 1.29 is 15.3 Å². The highest BCUT2D eigenvalue weighted by molar-refractivity contribution is 5.44. The molecule has 0 aromatic heterocycles. The summed E-state index contributed by atoms with van der Waals surface area (Å²) in [6.45, 7) is 8.41. The fourth-order valence-electron chi connectivity index (χ4n) is 5.37. The van der Waals surface area contributed by atoms with Gasteiger partial charge in [0.05, 0.1) is 18.3 Å². The summed E-state index contributed by atoms with van der Waals surface area (Å²) >= 11 is 0. The summed E-state index contributed by atoms with van der Waals surface area (Å²) in [4.78, 5) is 0. The van der Waals surface area contributed by atoms with Crippen LogP contribution in [0.5, 0.6) is 0 Å². The molecule has 0 amide bonds. The van der Waals surface area contributed by atoms with Crippen molar-refractivity contribution in [3.63, 3.8) is 0 Å². The maximum atomic E-state index is 10.6. The highest BCUT2D eigenvalue weighted by Crippen LogP contribution is 2.72. The Morgan fingerprint density at radius 2 is 1.78 bits per heavy atom. The van der Waals surface area contributed by atoms with Crippen LogP contribution in [0.2, 0.25) is 0 Å². The summed E-state index contributed by atoms with van der Waals surface area (Å²) in [5.41, 5.74) is 1.70. The normalized spacial score (nSPS) is 53.8. The second kappa shape index (κ2) is 3.38. The summed E-state index contributed by atoms with van der Waals surface area (Å²) in [7, 11) is 0. The van der Waals surface area contributed by atoms with E-state index >= 15 is 0 Å². The predicted octanol–water partition coefficient (Wildman–Crippen LogP) is 1.47. The molecule has 1 spiro atoms. The highest BCUT2D eigenvalue weighted by Gasteiger charge is 2.70. The van der Waals surface area contributed by atoms with Crippen molar-refractivity contribution >= 4 is 0 Å². The third kappa shape index (κ3) is 1.08. The van der Waals surface area contributed by atoms with Gasteiger partial charge in [0.15, 0.2) is 0 Å². The molecule has 3 rings (SSSR count). The first kappa shape index (κ1) is 12.6. The van der Waals surface area contributed by atoms with Crippen LogP contribution >= 0.6 is 0 Å². The molecule has 6 atom stereocenters. The van der Waals surface area contributed by atoms with Crippen LogP contribution in [0.1, 0.15) is 40.5 Å². The van der Waals surface area contributed by atoms with E-state index in [9.17, 15) is 15.3 Å². The molecule has 102 valence electrons. The molecule has 3 heteroatoms. The summed E-state index contributed by atoms with van der Waals surface area (Å²) in [6, 6.07) is 0. The Balaban J connectivity index is 2.26. The molecule has 0 aromatic carbocycles. The Morgan fingerprint density at radius 3 is 2.39 bits per heavy atom. The topological polar surface area (TPSA) is 60.7 Å². The summed E-state index contributed by atoms with van der Waals surface area (Å²) in [6.07, 6.45) is 0.0179. The van der Waals surface area contributed by atoms with Crippen LogP contribution < -0.4 is 0 Å². The Labute approximate surface area is 109 Å². The fourth-order valence-corrected chi connectivity index (χ4v) is 5.37. The smallest absolute Gasteiger partial charge is 0.0793 e. The second-order valence-electron chi connectivity index (χ2n) is 7.15. The first-order valence-corrected chi connectivity index (χ1v) is 7.00. The lowest BCUT2D eigenvalue weighted by Gasteiger charge is -2.53. The van der Waals surface area contributed by atoms with Gasteiger partial charge in [-0.2, -0.15) is 0 Å². The second-order valence-corrected chi connectivity index (χ2v) is 7.15. The molecule has 0 heterocycles. The minimum absolute atomic E-state index is 0.0564. The van der Waals surface area contributed by atoms with Gasteiger partial charge in [-0.25, -0.2) is 0 Å². The lowest BCUT2D eigenvalue weighted by atomic mass is 9.52. The van der Waals surface area contributed by atoms with Gasteiger partial charge in [0, 0.05) is 5.41 Å². The van der Waals surface area contributed by atoms with Gasteiger partial charge in [0.2, 0.25) is 0 Å². The zero-order valence-electron chi connectivity index (χ0n) is 11.6. The van der Waals surface area contributed by atoms with Gasteiger partial charge >= 0.3 is 0 Å². The van der Waals surface area contributed by atoms with E-state index in [0.29, 0.717) is 12.8 Å². The van der Waals surface area contributed by atoms with Crippen molar-refractivity contribution in [1.29, 1.82) is 0 Å². The van der Waals surface area contributed by atoms with Crippen molar-refractivity contribution in [1.82, 2.24) is 0 Å². The molecule has 2 fully saturated rings. The number of hydrogen-bond donors (Lipinski definition) is 3. The maximum absolute atomic E-state index is 10.6. The SMILES string of the molecule is CC1=C2[C@@H](O)[C@H]3C[C@H](O)[C@@H](C)[C@]2(C[C@@H]1O)C3(C)C. The van der Waals surface area contributed by atoms with Gasteiger partial charge in [-0.3, -0.25) is 0 Å². The van der Waals surface area contributed by atoms with Gasteiger partial charge < -0.3 is 15.3 Å². The van der Waals surface area contributed by atoms with Gasteiger partial charge in [0.25, 0.3) is 0 Å². The van der Waals surface area contributed by atoms with Gasteiger partial charge in [-0.1, -0.05) is 20.8 Å². The molecule has 0 unspecified atom stereocenters. The molecule has 18 heavy (non-hydrogen) atoms. The van der Waals surface area contributed by atoms with Crippen LogP contribution in [0.15, 0.2) is 11.1 Å². The van der Waals surface area contributed by atoms with Crippen molar-refractivity contribution in [2.75, 3.05) is 0 Å². The molecule has 0 radical (unpaired) electrons. The molecule has 3 aliphatic carbocycles. The first-order valence-electron chi connectivity index (χ1n) is 7.00. The molecule has 2 saturated carbocycles. The molecule has 0 saturated heterocycles. The van der Waals surface area contributed by atoms with E-state index in [1.165, 1.54) is 0 Å². The average Bonchev–Trinajstić information content (AvgIpc) is 2.60. The standard InChI is InChI=1S/C15H24O3/c1-7-11(17)6-15-8(2)10(16)5-9(14(15,3)4)13(18)12(7)15/h8-11,13,16-18H,5-6H2,1-4H3/t8-,9-,10+,11+,13+,15+/m1/s1. The van der Waals surface area contributed by atoms with Crippen LogP contribution in [0, 0.1) is 22.7 Å². The van der Waals surface area contributed by atoms with E-state index in [0.717, 1.165) is 11.1 Å². The monoisotopic (exact) mass is 252 g/mol. The minimum atomic E-state index is -0.489. The highest BCUT2D eigenvalue weighted by atomic mass is 16.3. The van der Waals surface area contributed by atoms with Crippen LogP contribution in [0.4, 0.5) is 0 Å². The zero-order chi connectivity index (χ0) is 13.5. The molecular weight excluding hydrogens is 228 g/mol. The van der Waals surface area contributed by atoms with E-state index in [1.54, 1.807) is 0 Å². The zero-order valence-corrected chi connectivity index (χ0v) is 11.6. The Kier molecular flexibility index (Phi) is 2.38. The fraction of sp³-hybridized carbons (Fsp3) is 0.867. The maximum Gasteiger partial charge on any atom is 0.0793 e. The van der Waals surface area contributed by atoms with Crippen LogP contribution in [-0.2, 0) is 0 Å². The van der Waals surface area contributed by atoms with Crippen molar-refractivity contribution in [3.8, 4) is 0 Å². The molecule has 3 N–H and O–H groups in total. The van der Waals surface area contributed by atoms with Crippen molar-refractivity contribution in [2.24, 2.45) is 22.7 Å². The predicted molar refractivity (Wildman–Crippen MR) is 68.8 cm³/mol. The third-order valence-electron chi connectivity index (χ3n) is 6.52. The average molecular weight is 252 g/mol. The minimum Gasteiger partial charge on any atom is -0.393 e. The molecule has 0 aliphatic heterocycles. The van der Waals surface area contributed by atoms with Gasteiger partial charge in [-0.15, -0.1) is 0 Å². The largest absolute Gasteiger partial charge is 0.393 e. The van der Waals surface area contributed by atoms with Crippen LogP contribution in [-0.4, -0.2) is 33.6 Å². The van der Waals surface area contributed by atoms with E-state index in [4.69, 9.17) is 0 Å².